The first kappa shape index (κ1) is 22.4. The van der Waals surface area contributed by atoms with E-state index in [1.54, 1.807) is 19.9 Å². The van der Waals surface area contributed by atoms with Crippen molar-refractivity contribution < 1.29 is 28.7 Å². The number of aryl methyl sites for hydroxylation is 2. The Labute approximate surface area is 191 Å². The Balaban J connectivity index is 1.64. The number of hydrogen-bond donors (Lipinski definition) is 1. The maximum atomic E-state index is 12.7. The summed E-state index contributed by atoms with van der Waals surface area (Å²) in [6, 6.07) is 7.24. The molecule has 0 saturated heterocycles. The average molecular weight is 467 g/mol. The molecular formula is C21H17N5O8. The highest BCUT2D eigenvalue weighted by atomic mass is 16.6. The Kier molecular flexibility index (Phi) is 5.67. The van der Waals surface area contributed by atoms with Crippen molar-refractivity contribution in [3.63, 3.8) is 0 Å². The van der Waals surface area contributed by atoms with Gasteiger partial charge < -0.3 is 19.5 Å². The number of rotatable bonds is 6. The van der Waals surface area contributed by atoms with Crippen molar-refractivity contribution in [2.75, 3.05) is 16.8 Å². The molecule has 0 aliphatic carbocycles. The monoisotopic (exact) mass is 467 g/mol. The predicted octanol–water partition coefficient (Wildman–Crippen LogP) is 3.29. The number of nitro groups is 2. The number of nitrogens with zero attached hydrogens (tertiary/aromatic N) is 4. The lowest BCUT2D eigenvalue weighted by Gasteiger charge is -2.29. The van der Waals surface area contributed by atoms with E-state index in [2.05, 4.69) is 10.5 Å². The Morgan fingerprint density at radius 3 is 2.38 bits per heavy atom. The normalized spacial score (nSPS) is 12.6. The quantitative estimate of drug-likeness (QED) is 0.422. The molecule has 1 aromatic heterocycles. The van der Waals surface area contributed by atoms with Gasteiger partial charge in [0.05, 0.1) is 39.4 Å². The zero-order valence-corrected chi connectivity index (χ0v) is 17.9. The molecule has 0 saturated carbocycles. The molecule has 0 atom stereocenters. The fourth-order valence-electron chi connectivity index (χ4n) is 3.48. The molecule has 0 unspecified atom stereocenters. The number of carbonyl (C=O) groups excluding carboxylic acids is 2. The van der Waals surface area contributed by atoms with Crippen molar-refractivity contribution in [3.05, 3.63) is 79.2 Å². The van der Waals surface area contributed by atoms with Crippen molar-refractivity contribution in [2.45, 2.75) is 20.4 Å². The highest BCUT2D eigenvalue weighted by molar-refractivity contribution is 6.06. The summed E-state index contributed by atoms with van der Waals surface area (Å²) >= 11 is 0. The van der Waals surface area contributed by atoms with Gasteiger partial charge in [-0.25, -0.2) is 0 Å². The second-order valence-corrected chi connectivity index (χ2v) is 7.46. The molecule has 13 heteroatoms. The number of fused-ring (bicyclic) bond motifs is 1. The lowest BCUT2D eigenvalue weighted by Crippen LogP contribution is -2.38. The first-order chi connectivity index (χ1) is 16.1. The third-order valence-electron chi connectivity index (χ3n) is 5.24. The van der Waals surface area contributed by atoms with Crippen LogP contribution < -0.4 is 15.0 Å². The SMILES string of the molecule is Cc1noc(C)c1CN1C(=O)COc2ccc(NC(=O)c3cc([N+](=O)[O-])cc([N+](=O)[O-])c3)cc21. The minimum absolute atomic E-state index is 0.167. The van der Waals surface area contributed by atoms with Crippen molar-refractivity contribution in [3.8, 4) is 5.75 Å². The lowest BCUT2D eigenvalue weighted by molar-refractivity contribution is -0.394. The van der Waals surface area contributed by atoms with Gasteiger partial charge in [0.25, 0.3) is 23.2 Å². The number of carbonyl (C=O) groups is 2. The van der Waals surface area contributed by atoms with Gasteiger partial charge in [-0.1, -0.05) is 5.16 Å². The number of benzene rings is 2. The number of anilines is 2. The van der Waals surface area contributed by atoms with Crippen molar-refractivity contribution in [2.24, 2.45) is 0 Å². The fourth-order valence-corrected chi connectivity index (χ4v) is 3.48. The molecule has 13 nitrogen and oxygen atoms in total. The van der Waals surface area contributed by atoms with Crippen LogP contribution in [0.25, 0.3) is 0 Å². The molecule has 0 spiro atoms. The van der Waals surface area contributed by atoms with Gasteiger partial charge in [0.2, 0.25) is 0 Å². The van der Waals surface area contributed by atoms with E-state index >= 15 is 0 Å². The Morgan fingerprint density at radius 2 is 1.79 bits per heavy atom. The molecule has 0 bridgehead atoms. The Morgan fingerprint density at radius 1 is 1.12 bits per heavy atom. The molecule has 1 aliphatic rings. The number of non-ortho nitro benzene ring substituents is 2. The molecule has 4 rings (SSSR count). The minimum Gasteiger partial charge on any atom is -0.482 e. The molecule has 3 aromatic rings. The van der Waals surface area contributed by atoms with Crippen LogP contribution in [0.2, 0.25) is 0 Å². The van der Waals surface area contributed by atoms with E-state index in [-0.39, 0.29) is 30.3 Å². The second-order valence-electron chi connectivity index (χ2n) is 7.46. The summed E-state index contributed by atoms with van der Waals surface area (Å²) in [5, 5.41) is 28.7. The Hall–Kier alpha value is -4.81. The topological polar surface area (TPSA) is 171 Å². The molecular weight excluding hydrogens is 450 g/mol. The van der Waals surface area contributed by atoms with Crippen LogP contribution in [0.1, 0.15) is 27.4 Å². The number of ether oxygens (including phenoxy) is 1. The van der Waals surface area contributed by atoms with Gasteiger partial charge in [0, 0.05) is 23.4 Å². The minimum atomic E-state index is -0.821. The van der Waals surface area contributed by atoms with Crippen LogP contribution in [0.4, 0.5) is 22.7 Å². The van der Waals surface area contributed by atoms with Crippen LogP contribution in [0.3, 0.4) is 0 Å². The van der Waals surface area contributed by atoms with E-state index in [0.29, 0.717) is 22.9 Å². The first-order valence-electron chi connectivity index (χ1n) is 9.88. The number of amides is 2. The van der Waals surface area contributed by atoms with Gasteiger partial charge in [-0.3, -0.25) is 29.8 Å². The van der Waals surface area contributed by atoms with Gasteiger partial charge in [0.15, 0.2) is 6.61 Å². The van der Waals surface area contributed by atoms with Crippen LogP contribution in [-0.4, -0.2) is 33.4 Å². The van der Waals surface area contributed by atoms with Crippen LogP contribution in [0.5, 0.6) is 5.75 Å². The Bertz CT molecular complexity index is 1300. The lowest BCUT2D eigenvalue weighted by atomic mass is 10.1. The molecule has 0 radical (unpaired) electrons. The zero-order valence-electron chi connectivity index (χ0n) is 17.9. The molecule has 2 heterocycles. The van der Waals surface area contributed by atoms with Crippen LogP contribution >= 0.6 is 0 Å². The van der Waals surface area contributed by atoms with Crippen LogP contribution in [0, 0.1) is 34.1 Å². The summed E-state index contributed by atoms with van der Waals surface area (Å²) < 4.78 is 10.6. The van der Waals surface area contributed by atoms with E-state index < -0.39 is 27.1 Å². The summed E-state index contributed by atoms with van der Waals surface area (Å²) in [5.74, 6) is -0.136. The summed E-state index contributed by atoms with van der Waals surface area (Å²) in [6.45, 7) is 3.49. The largest absolute Gasteiger partial charge is 0.482 e. The molecule has 1 aliphatic heterocycles. The van der Waals surface area contributed by atoms with Crippen molar-refractivity contribution in [1.82, 2.24) is 5.16 Å². The van der Waals surface area contributed by atoms with E-state index in [0.717, 1.165) is 23.8 Å². The van der Waals surface area contributed by atoms with Gasteiger partial charge in [-0.05, 0) is 32.0 Å². The number of nitro benzene ring substituents is 2. The van der Waals surface area contributed by atoms with Gasteiger partial charge in [-0.2, -0.15) is 0 Å². The van der Waals surface area contributed by atoms with Crippen molar-refractivity contribution >= 4 is 34.6 Å². The molecule has 174 valence electrons. The third-order valence-corrected chi connectivity index (χ3v) is 5.24. The fraction of sp³-hybridized carbons (Fsp3) is 0.190. The van der Waals surface area contributed by atoms with Crippen LogP contribution in [-0.2, 0) is 11.3 Å². The molecule has 2 aromatic carbocycles. The molecule has 2 amide bonds. The van der Waals surface area contributed by atoms with E-state index in [9.17, 15) is 29.8 Å². The predicted molar refractivity (Wildman–Crippen MR) is 117 cm³/mol. The first-order valence-corrected chi connectivity index (χ1v) is 9.88. The summed E-state index contributed by atoms with van der Waals surface area (Å²) in [7, 11) is 0. The summed E-state index contributed by atoms with van der Waals surface area (Å²) in [6.07, 6.45) is 0. The highest BCUT2D eigenvalue weighted by Gasteiger charge is 2.28. The van der Waals surface area contributed by atoms with Gasteiger partial charge >= 0.3 is 0 Å². The third kappa shape index (κ3) is 4.26. The smallest absolute Gasteiger partial charge is 0.277 e. The van der Waals surface area contributed by atoms with Crippen LogP contribution in [0.15, 0.2) is 40.9 Å². The zero-order chi connectivity index (χ0) is 24.6. The molecule has 34 heavy (non-hydrogen) atoms. The number of hydrogen-bond acceptors (Lipinski definition) is 9. The highest BCUT2D eigenvalue weighted by Crippen LogP contribution is 2.36. The summed E-state index contributed by atoms with van der Waals surface area (Å²) in [5.41, 5.74) is 0.566. The maximum absolute atomic E-state index is 12.7. The van der Waals surface area contributed by atoms with Gasteiger partial charge in [0.1, 0.15) is 11.5 Å². The van der Waals surface area contributed by atoms with Crippen molar-refractivity contribution in [1.29, 1.82) is 0 Å². The van der Waals surface area contributed by atoms with E-state index in [1.165, 1.54) is 17.0 Å². The van der Waals surface area contributed by atoms with E-state index in [4.69, 9.17) is 9.26 Å². The average Bonchev–Trinajstić information content (AvgIpc) is 3.12. The standard InChI is InChI=1S/C21H17N5O8/c1-11-17(12(2)34-23-11)9-24-18-7-14(3-4-19(18)33-10-20(24)27)22-21(28)13-5-15(25(29)30)8-16(6-13)26(31)32/h3-8H,9-10H2,1-2H3,(H,22,28). The maximum Gasteiger partial charge on any atom is 0.277 e. The number of aromatic nitrogens is 1. The van der Waals surface area contributed by atoms with Gasteiger partial charge in [-0.15, -0.1) is 0 Å². The number of nitrogens with one attached hydrogen (secondary N) is 1. The van der Waals surface area contributed by atoms with E-state index in [1.807, 2.05) is 0 Å². The molecule has 1 N–H and O–H groups in total. The second kappa shape index (κ2) is 8.61. The molecule has 0 fully saturated rings. The summed E-state index contributed by atoms with van der Waals surface area (Å²) in [4.78, 5) is 47.4.